The van der Waals surface area contributed by atoms with Crippen molar-refractivity contribution in [2.45, 2.75) is 59.2 Å². The van der Waals surface area contributed by atoms with Gasteiger partial charge in [-0.25, -0.2) is 0 Å². The van der Waals surface area contributed by atoms with Gasteiger partial charge in [-0.15, -0.1) is 0 Å². The summed E-state index contributed by atoms with van der Waals surface area (Å²) in [5, 5.41) is 3.61. The van der Waals surface area contributed by atoms with Gasteiger partial charge < -0.3 is 15.0 Å². The van der Waals surface area contributed by atoms with Crippen molar-refractivity contribution in [2.75, 3.05) is 6.61 Å². The summed E-state index contributed by atoms with van der Waals surface area (Å²) in [6.45, 7) is 9.80. The first kappa shape index (κ1) is 23.7. The summed E-state index contributed by atoms with van der Waals surface area (Å²) in [4.78, 5) is 27.6. The SMILES string of the molecule is CC[C@@H](C(=O)NC(C)(C)C)N(Cc1ccc(Cl)cc1)C(=O)COc1ccc(C)cc1. The zero-order chi connectivity index (χ0) is 22.3. The van der Waals surface area contributed by atoms with Gasteiger partial charge in [-0.2, -0.15) is 0 Å². The first-order valence-corrected chi connectivity index (χ1v) is 10.5. The number of ether oxygens (including phenoxy) is 1. The summed E-state index contributed by atoms with van der Waals surface area (Å²) >= 11 is 5.99. The van der Waals surface area contributed by atoms with Crippen LogP contribution in [0.5, 0.6) is 5.75 Å². The summed E-state index contributed by atoms with van der Waals surface area (Å²) in [5.41, 5.74) is 1.62. The Balaban J connectivity index is 2.21. The van der Waals surface area contributed by atoms with E-state index in [1.165, 1.54) is 0 Å². The van der Waals surface area contributed by atoms with Crippen LogP contribution in [0.1, 0.15) is 45.2 Å². The molecule has 2 amide bonds. The molecule has 0 spiro atoms. The number of rotatable bonds is 8. The predicted octanol–water partition coefficient (Wildman–Crippen LogP) is 4.75. The molecular weight excluding hydrogens is 400 g/mol. The van der Waals surface area contributed by atoms with E-state index < -0.39 is 11.6 Å². The molecule has 0 unspecified atom stereocenters. The van der Waals surface area contributed by atoms with Crippen LogP contribution in [0.15, 0.2) is 48.5 Å². The summed E-state index contributed by atoms with van der Waals surface area (Å²) in [7, 11) is 0. The molecule has 1 atom stereocenters. The van der Waals surface area contributed by atoms with Gasteiger partial charge in [-0.1, -0.05) is 48.4 Å². The molecule has 0 bridgehead atoms. The highest BCUT2D eigenvalue weighted by molar-refractivity contribution is 6.30. The number of benzene rings is 2. The van der Waals surface area contributed by atoms with E-state index in [0.29, 0.717) is 23.7 Å². The molecule has 0 aliphatic heterocycles. The van der Waals surface area contributed by atoms with Gasteiger partial charge in [0.25, 0.3) is 5.91 Å². The number of halogens is 1. The summed E-state index contributed by atoms with van der Waals surface area (Å²) < 4.78 is 5.69. The normalized spacial score (nSPS) is 12.2. The fourth-order valence-corrected chi connectivity index (χ4v) is 3.15. The van der Waals surface area contributed by atoms with Gasteiger partial charge >= 0.3 is 0 Å². The molecule has 0 saturated carbocycles. The molecule has 0 aliphatic carbocycles. The molecule has 5 nitrogen and oxygen atoms in total. The molecule has 30 heavy (non-hydrogen) atoms. The maximum Gasteiger partial charge on any atom is 0.261 e. The van der Waals surface area contributed by atoms with Gasteiger partial charge in [0, 0.05) is 17.1 Å². The molecule has 0 radical (unpaired) electrons. The fraction of sp³-hybridized carbons (Fsp3) is 0.417. The van der Waals surface area contributed by atoms with Crippen LogP contribution in [0.25, 0.3) is 0 Å². The molecule has 6 heteroatoms. The highest BCUT2D eigenvalue weighted by atomic mass is 35.5. The summed E-state index contributed by atoms with van der Waals surface area (Å²) in [6.07, 6.45) is 0.492. The van der Waals surface area contributed by atoms with Crippen LogP contribution in [0.3, 0.4) is 0 Å². The van der Waals surface area contributed by atoms with E-state index in [1.807, 2.05) is 71.0 Å². The molecule has 2 aromatic rings. The van der Waals surface area contributed by atoms with Gasteiger partial charge in [0.15, 0.2) is 6.61 Å². The van der Waals surface area contributed by atoms with E-state index >= 15 is 0 Å². The van der Waals surface area contributed by atoms with Crippen LogP contribution in [0.2, 0.25) is 5.02 Å². The van der Waals surface area contributed by atoms with Crippen molar-refractivity contribution in [3.63, 3.8) is 0 Å². The first-order valence-electron chi connectivity index (χ1n) is 10.1. The van der Waals surface area contributed by atoms with Crippen LogP contribution in [0.4, 0.5) is 0 Å². The number of nitrogens with zero attached hydrogens (tertiary/aromatic N) is 1. The molecule has 0 fully saturated rings. The Hall–Kier alpha value is -2.53. The second kappa shape index (κ2) is 10.5. The first-order chi connectivity index (χ1) is 14.1. The van der Waals surface area contributed by atoms with Crippen LogP contribution in [-0.4, -0.2) is 34.9 Å². The number of amides is 2. The zero-order valence-corrected chi connectivity index (χ0v) is 19.1. The van der Waals surface area contributed by atoms with Gasteiger partial charge in [0.05, 0.1) is 0 Å². The minimum absolute atomic E-state index is 0.143. The Labute approximate surface area is 184 Å². The molecule has 2 aromatic carbocycles. The van der Waals surface area contributed by atoms with Crippen molar-refractivity contribution in [3.8, 4) is 5.75 Å². The molecular formula is C24H31ClN2O3. The van der Waals surface area contributed by atoms with E-state index in [-0.39, 0.29) is 18.4 Å². The zero-order valence-electron chi connectivity index (χ0n) is 18.4. The van der Waals surface area contributed by atoms with Crippen molar-refractivity contribution in [1.82, 2.24) is 10.2 Å². The Bertz CT molecular complexity index is 842. The maximum atomic E-state index is 13.1. The quantitative estimate of drug-likeness (QED) is 0.657. The van der Waals surface area contributed by atoms with Crippen molar-refractivity contribution in [2.24, 2.45) is 0 Å². The predicted molar refractivity (Wildman–Crippen MR) is 121 cm³/mol. The molecule has 0 aromatic heterocycles. The van der Waals surface area contributed by atoms with E-state index in [9.17, 15) is 9.59 Å². The lowest BCUT2D eigenvalue weighted by molar-refractivity contribution is -0.143. The van der Waals surface area contributed by atoms with Gasteiger partial charge in [-0.3, -0.25) is 9.59 Å². The number of hydrogen-bond donors (Lipinski definition) is 1. The van der Waals surface area contributed by atoms with Crippen molar-refractivity contribution < 1.29 is 14.3 Å². The number of hydrogen-bond acceptors (Lipinski definition) is 3. The highest BCUT2D eigenvalue weighted by Crippen LogP contribution is 2.17. The lowest BCUT2D eigenvalue weighted by atomic mass is 10.1. The molecule has 1 N–H and O–H groups in total. The monoisotopic (exact) mass is 430 g/mol. The molecule has 162 valence electrons. The third kappa shape index (κ3) is 7.38. The Morgan fingerprint density at radius 3 is 2.20 bits per heavy atom. The highest BCUT2D eigenvalue weighted by Gasteiger charge is 2.30. The molecule has 0 aliphatic rings. The topological polar surface area (TPSA) is 58.6 Å². The molecule has 0 heterocycles. The van der Waals surface area contributed by atoms with Crippen LogP contribution >= 0.6 is 11.6 Å². The fourth-order valence-electron chi connectivity index (χ4n) is 3.02. The van der Waals surface area contributed by atoms with Crippen LogP contribution in [-0.2, 0) is 16.1 Å². The largest absolute Gasteiger partial charge is 0.484 e. The average molecular weight is 431 g/mol. The van der Waals surface area contributed by atoms with Crippen molar-refractivity contribution in [3.05, 3.63) is 64.7 Å². The van der Waals surface area contributed by atoms with E-state index in [4.69, 9.17) is 16.3 Å². The van der Waals surface area contributed by atoms with E-state index in [0.717, 1.165) is 11.1 Å². The lowest BCUT2D eigenvalue weighted by Crippen LogP contribution is -2.54. The Morgan fingerprint density at radius 1 is 1.07 bits per heavy atom. The number of aryl methyl sites for hydroxylation is 1. The van der Waals surface area contributed by atoms with Gasteiger partial charge in [0.1, 0.15) is 11.8 Å². The van der Waals surface area contributed by atoms with Crippen molar-refractivity contribution >= 4 is 23.4 Å². The minimum atomic E-state index is -0.603. The standard InChI is InChI=1S/C24H31ClN2O3/c1-6-21(23(29)26-24(3,4)5)27(15-18-9-11-19(25)12-10-18)22(28)16-30-20-13-7-17(2)8-14-20/h7-14,21H,6,15-16H2,1-5H3,(H,26,29)/t21-/m0/s1. The lowest BCUT2D eigenvalue weighted by Gasteiger charge is -2.33. The molecule has 0 saturated heterocycles. The third-order valence-corrected chi connectivity index (χ3v) is 4.79. The number of nitrogens with one attached hydrogen (secondary N) is 1. The minimum Gasteiger partial charge on any atom is -0.484 e. The van der Waals surface area contributed by atoms with Crippen LogP contribution in [0, 0.1) is 6.92 Å². The molecule has 2 rings (SSSR count). The second-order valence-electron chi connectivity index (χ2n) is 8.41. The van der Waals surface area contributed by atoms with E-state index in [1.54, 1.807) is 17.0 Å². The van der Waals surface area contributed by atoms with Gasteiger partial charge in [0.2, 0.25) is 5.91 Å². The summed E-state index contributed by atoms with van der Waals surface area (Å²) in [5.74, 6) is 0.191. The van der Waals surface area contributed by atoms with Gasteiger partial charge in [-0.05, 0) is 63.9 Å². The second-order valence-corrected chi connectivity index (χ2v) is 8.85. The van der Waals surface area contributed by atoms with E-state index in [2.05, 4.69) is 5.32 Å². The maximum absolute atomic E-state index is 13.1. The Morgan fingerprint density at radius 2 is 1.67 bits per heavy atom. The smallest absolute Gasteiger partial charge is 0.261 e. The average Bonchev–Trinajstić information content (AvgIpc) is 2.67. The van der Waals surface area contributed by atoms with Crippen molar-refractivity contribution in [1.29, 1.82) is 0 Å². The third-order valence-electron chi connectivity index (χ3n) is 4.53. The Kier molecular flexibility index (Phi) is 8.30. The summed E-state index contributed by atoms with van der Waals surface area (Å²) in [6, 6.07) is 14.2. The number of carbonyl (C=O) groups is 2. The van der Waals surface area contributed by atoms with Crippen LogP contribution < -0.4 is 10.1 Å². The number of carbonyl (C=O) groups excluding carboxylic acids is 2.